The van der Waals surface area contributed by atoms with Gasteiger partial charge in [-0.3, -0.25) is 4.79 Å². The normalized spacial score (nSPS) is 26.4. The van der Waals surface area contributed by atoms with E-state index in [0.29, 0.717) is 18.8 Å². The van der Waals surface area contributed by atoms with Gasteiger partial charge in [-0.1, -0.05) is 13.0 Å². The van der Waals surface area contributed by atoms with Gasteiger partial charge >= 0.3 is 0 Å². The fraction of sp³-hybridized carbons (Fsp3) is 0.800. The van der Waals surface area contributed by atoms with Gasteiger partial charge in [0.05, 0.1) is 13.2 Å². The van der Waals surface area contributed by atoms with Gasteiger partial charge in [0.15, 0.2) is 5.79 Å². The van der Waals surface area contributed by atoms with E-state index >= 15 is 0 Å². The van der Waals surface area contributed by atoms with Crippen LogP contribution in [0.3, 0.4) is 0 Å². The predicted molar refractivity (Wildman–Crippen MR) is 73.6 cm³/mol. The van der Waals surface area contributed by atoms with Gasteiger partial charge in [-0.05, 0) is 33.6 Å². The summed E-state index contributed by atoms with van der Waals surface area (Å²) < 4.78 is 11.7. The van der Waals surface area contributed by atoms with Crippen molar-refractivity contribution < 1.29 is 14.3 Å². The Labute approximate surface area is 115 Å². The molecular weight excluding hydrogens is 242 g/mol. The molecule has 1 amide bonds. The summed E-state index contributed by atoms with van der Waals surface area (Å²) in [7, 11) is 0. The van der Waals surface area contributed by atoms with Gasteiger partial charge in [-0.2, -0.15) is 0 Å². The van der Waals surface area contributed by atoms with Crippen LogP contribution in [0.15, 0.2) is 12.2 Å². The summed E-state index contributed by atoms with van der Waals surface area (Å²) >= 11 is 0. The second-order valence-electron chi connectivity index (χ2n) is 6.54. The molecule has 1 spiro atoms. The maximum Gasteiger partial charge on any atom is 0.247 e. The molecule has 1 atom stereocenters. The van der Waals surface area contributed by atoms with E-state index in [-0.39, 0.29) is 17.4 Å². The van der Waals surface area contributed by atoms with E-state index < -0.39 is 5.79 Å². The molecule has 4 nitrogen and oxygen atoms in total. The molecule has 1 N–H and O–H groups in total. The van der Waals surface area contributed by atoms with E-state index in [1.807, 2.05) is 20.8 Å². The first kappa shape index (κ1) is 14.5. The van der Waals surface area contributed by atoms with Gasteiger partial charge in [0.25, 0.3) is 0 Å². The lowest BCUT2D eigenvalue weighted by atomic mass is 9.78. The standard InChI is InChI=1S/C15H25NO3/c1-11(13(17)16-14(2,3)4)12-7-5-6-8-15(12)18-9-10-19-15/h12H,1,5-10H2,2-4H3,(H,16,17). The molecule has 1 unspecified atom stereocenters. The number of amides is 1. The first-order valence-electron chi connectivity index (χ1n) is 7.13. The number of rotatable bonds is 2. The van der Waals surface area contributed by atoms with Crippen molar-refractivity contribution in [3.63, 3.8) is 0 Å². The predicted octanol–water partition coefficient (Wildman–Crippen LogP) is 2.39. The van der Waals surface area contributed by atoms with E-state index in [0.717, 1.165) is 25.7 Å². The van der Waals surface area contributed by atoms with Crippen molar-refractivity contribution in [2.75, 3.05) is 13.2 Å². The Hall–Kier alpha value is -0.870. The van der Waals surface area contributed by atoms with Crippen LogP contribution in [0, 0.1) is 5.92 Å². The smallest absolute Gasteiger partial charge is 0.247 e. The summed E-state index contributed by atoms with van der Waals surface area (Å²) in [4.78, 5) is 12.3. The van der Waals surface area contributed by atoms with Crippen molar-refractivity contribution in [1.29, 1.82) is 0 Å². The maximum atomic E-state index is 12.3. The Bertz CT molecular complexity index is 364. The number of ether oxygens (including phenoxy) is 2. The van der Waals surface area contributed by atoms with Gasteiger partial charge in [0.1, 0.15) is 0 Å². The van der Waals surface area contributed by atoms with E-state index in [1.165, 1.54) is 0 Å². The highest BCUT2D eigenvalue weighted by atomic mass is 16.7. The summed E-state index contributed by atoms with van der Waals surface area (Å²) in [5.74, 6) is -0.700. The third-order valence-corrected chi connectivity index (χ3v) is 3.78. The lowest BCUT2D eigenvalue weighted by molar-refractivity contribution is -0.203. The van der Waals surface area contributed by atoms with Crippen LogP contribution in [-0.2, 0) is 14.3 Å². The van der Waals surface area contributed by atoms with Gasteiger partial charge in [0.2, 0.25) is 5.91 Å². The first-order valence-corrected chi connectivity index (χ1v) is 7.13. The molecule has 2 aliphatic rings. The largest absolute Gasteiger partial charge is 0.348 e. The third-order valence-electron chi connectivity index (χ3n) is 3.78. The van der Waals surface area contributed by atoms with Crippen LogP contribution >= 0.6 is 0 Å². The summed E-state index contributed by atoms with van der Waals surface area (Å²) in [5, 5.41) is 2.97. The van der Waals surface area contributed by atoms with Crippen molar-refractivity contribution in [3.8, 4) is 0 Å². The lowest BCUT2D eigenvalue weighted by Gasteiger charge is -2.40. The molecular formula is C15H25NO3. The van der Waals surface area contributed by atoms with E-state index in [9.17, 15) is 4.79 Å². The Morgan fingerprint density at radius 2 is 1.89 bits per heavy atom. The molecule has 19 heavy (non-hydrogen) atoms. The minimum atomic E-state index is -0.593. The van der Waals surface area contributed by atoms with Gasteiger partial charge in [0, 0.05) is 23.5 Å². The molecule has 0 aromatic heterocycles. The summed E-state index contributed by atoms with van der Waals surface area (Å²) in [5.41, 5.74) is 0.343. The Morgan fingerprint density at radius 3 is 2.47 bits per heavy atom. The molecule has 0 bridgehead atoms. The van der Waals surface area contributed by atoms with Gasteiger partial charge in [-0.25, -0.2) is 0 Å². The SMILES string of the molecule is C=C(C(=O)NC(C)(C)C)C1CCCCC12OCCO2. The minimum absolute atomic E-state index is 0.0221. The minimum Gasteiger partial charge on any atom is -0.348 e. The van der Waals surface area contributed by atoms with Crippen molar-refractivity contribution in [3.05, 3.63) is 12.2 Å². The molecule has 108 valence electrons. The average Bonchev–Trinajstić information content (AvgIpc) is 2.76. The van der Waals surface area contributed by atoms with Gasteiger partial charge in [-0.15, -0.1) is 0 Å². The molecule has 2 fully saturated rings. The van der Waals surface area contributed by atoms with E-state index in [4.69, 9.17) is 9.47 Å². The highest BCUT2D eigenvalue weighted by Crippen LogP contribution is 2.43. The fourth-order valence-corrected chi connectivity index (χ4v) is 2.95. The van der Waals surface area contributed by atoms with Crippen molar-refractivity contribution in [2.24, 2.45) is 5.92 Å². The Morgan fingerprint density at radius 1 is 1.26 bits per heavy atom. The quantitative estimate of drug-likeness (QED) is 0.781. The summed E-state index contributed by atoms with van der Waals surface area (Å²) in [6.07, 6.45) is 3.96. The third kappa shape index (κ3) is 3.18. The number of carbonyl (C=O) groups excluding carboxylic acids is 1. The highest BCUT2D eigenvalue weighted by Gasteiger charge is 2.48. The summed E-state index contributed by atoms with van der Waals surface area (Å²) in [6.45, 7) is 11.1. The number of hydrogen-bond acceptors (Lipinski definition) is 3. The molecule has 1 aliphatic heterocycles. The topological polar surface area (TPSA) is 47.6 Å². The van der Waals surface area contributed by atoms with E-state index in [1.54, 1.807) is 0 Å². The average molecular weight is 267 g/mol. The zero-order chi connectivity index (χ0) is 14.1. The number of carbonyl (C=O) groups is 1. The molecule has 0 aromatic rings. The van der Waals surface area contributed by atoms with Crippen LogP contribution in [0.1, 0.15) is 46.5 Å². The monoisotopic (exact) mass is 267 g/mol. The molecule has 1 saturated carbocycles. The first-order chi connectivity index (χ1) is 8.84. The van der Waals surface area contributed by atoms with Crippen molar-refractivity contribution >= 4 is 5.91 Å². The van der Waals surface area contributed by atoms with Crippen LogP contribution in [0.5, 0.6) is 0 Å². The van der Waals surface area contributed by atoms with Crippen molar-refractivity contribution in [1.82, 2.24) is 5.32 Å². The molecule has 4 heteroatoms. The van der Waals surface area contributed by atoms with Crippen LogP contribution in [-0.4, -0.2) is 30.4 Å². The molecule has 1 aliphatic carbocycles. The zero-order valence-electron chi connectivity index (χ0n) is 12.3. The second kappa shape index (κ2) is 5.25. The zero-order valence-corrected chi connectivity index (χ0v) is 12.3. The molecule has 1 saturated heterocycles. The maximum absolute atomic E-state index is 12.3. The van der Waals surface area contributed by atoms with Gasteiger partial charge < -0.3 is 14.8 Å². The molecule has 1 heterocycles. The second-order valence-corrected chi connectivity index (χ2v) is 6.54. The fourth-order valence-electron chi connectivity index (χ4n) is 2.95. The molecule has 2 rings (SSSR count). The summed E-state index contributed by atoms with van der Waals surface area (Å²) in [6, 6.07) is 0. The Kier molecular flexibility index (Phi) is 4.02. The van der Waals surface area contributed by atoms with Crippen LogP contribution in [0.4, 0.5) is 0 Å². The van der Waals surface area contributed by atoms with Crippen molar-refractivity contribution in [2.45, 2.75) is 57.8 Å². The Balaban J connectivity index is 2.10. The lowest BCUT2D eigenvalue weighted by Crippen LogP contribution is -2.48. The van der Waals surface area contributed by atoms with Crippen LogP contribution in [0.25, 0.3) is 0 Å². The molecule has 0 aromatic carbocycles. The number of hydrogen-bond donors (Lipinski definition) is 1. The van der Waals surface area contributed by atoms with Crippen LogP contribution in [0.2, 0.25) is 0 Å². The molecule has 0 radical (unpaired) electrons. The van der Waals surface area contributed by atoms with Crippen LogP contribution < -0.4 is 5.32 Å². The highest BCUT2D eigenvalue weighted by molar-refractivity contribution is 5.93. The van der Waals surface area contributed by atoms with E-state index in [2.05, 4.69) is 11.9 Å². The number of nitrogens with one attached hydrogen (secondary N) is 1.